The Morgan fingerprint density at radius 3 is 2.82 bits per heavy atom. The van der Waals surface area contributed by atoms with Gasteiger partial charge in [0.2, 0.25) is 0 Å². The second kappa shape index (κ2) is 5.46. The molecule has 17 heavy (non-hydrogen) atoms. The molecule has 0 N–H and O–H groups in total. The van der Waals surface area contributed by atoms with Crippen LogP contribution >= 0.6 is 0 Å². The van der Waals surface area contributed by atoms with Gasteiger partial charge in [-0.3, -0.25) is 4.79 Å². The summed E-state index contributed by atoms with van der Waals surface area (Å²) in [5.74, 6) is 0.762. The summed E-state index contributed by atoms with van der Waals surface area (Å²) < 4.78 is 5.35. The summed E-state index contributed by atoms with van der Waals surface area (Å²) in [5.41, 5.74) is 2.10. The average molecular weight is 232 g/mol. The third kappa shape index (κ3) is 2.75. The summed E-state index contributed by atoms with van der Waals surface area (Å²) >= 11 is 0. The molecule has 1 aliphatic rings. The standard InChI is InChI=1S/C15H20O2/c1-3-17-11(2)15(16)14-9-5-8-13(10-14)12-6-4-7-12/h5,8-12H,3-4,6-7H2,1-2H3. The zero-order chi connectivity index (χ0) is 12.3. The minimum Gasteiger partial charge on any atom is -0.371 e. The molecular formula is C15H20O2. The average Bonchev–Trinajstić information content (AvgIpc) is 2.26. The molecule has 2 heteroatoms. The van der Waals surface area contributed by atoms with Gasteiger partial charge in [0.1, 0.15) is 6.10 Å². The van der Waals surface area contributed by atoms with E-state index in [1.807, 2.05) is 32.0 Å². The van der Waals surface area contributed by atoms with Crippen LogP contribution in [-0.4, -0.2) is 18.5 Å². The van der Waals surface area contributed by atoms with Gasteiger partial charge in [-0.25, -0.2) is 0 Å². The van der Waals surface area contributed by atoms with Gasteiger partial charge >= 0.3 is 0 Å². The van der Waals surface area contributed by atoms with Crippen molar-refractivity contribution in [1.82, 2.24) is 0 Å². The van der Waals surface area contributed by atoms with Crippen molar-refractivity contribution < 1.29 is 9.53 Å². The molecule has 0 aromatic heterocycles. The summed E-state index contributed by atoms with van der Waals surface area (Å²) in [5, 5.41) is 0. The van der Waals surface area contributed by atoms with E-state index in [0.717, 1.165) is 5.56 Å². The summed E-state index contributed by atoms with van der Waals surface area (Å²) in [6.45, 7) is 4.31. The van der Waals surface area contributed by atoms with Crippen molar-refractivity contribution in [3.63, 3.8) is 0 Å². The molecule has 0 aliphatic heterocycles. The molecule has 1 aromatic carbocycles. The number of ketones is 1. The molecule has 1 aromatic rings. The molecule has 1 saturated carbocycles. The van der Waals surface area contributed by atoms with E-state index in [1.54, 1.807) is 0 Å². The van der Waals surface area contributed by atoms with Crippen molar-refractivity contribution in [1.29, 1.82) is 0 Å². The first-order valence-electron chi connectivity index (χ1n) is 6.48. The number of rotatable bonds is 5. The van der Waals surface area contributed by atoms with Gasteiger partial charge in [0.05, 0.1) is 0 Å². The molecule has 1 fully saturated rings. The number of hydrogen-bond acceptors (Lipinski definition) is 2. The monoisotopic (exact) mass is 232 g/mol. The topological polar surface area (TPSA) is 26.3 Å². The number of ether oxygens (including phenoxy) is 1. The van der Waals surface area contributed by atoms with E-state index in [-0.39, 0.29) is 11.9 Å². The maximum absolute atomic E-state index is 12.1. The van der Waals surface area contributed by atoms with Crippen LogP contribution in [-0.2, 0) is 4.74 Å². The van der Waals surface area contributed by atoms with Gasteiger partial charge in [-0.05, 0) is 44.2 Å². The maximum Gasteiger partial charge on any atom is 0.191 e. The lowest BCUT2D eigenvalue weighted by atomic mass is 9.79. The van der Waals surface area contributed by atoms with Gasteiger partial charge in [0.15, 0.2) is 5.78 Å². The second-order valence-corrected chi connectivity index (χ2v) is 4.72. The lowest BCUT2D eigenvalue weighted by molar-refractivity contribution is 0.0520. The lowest BCUT2D eigenvalue weighted by Gasteiger charge is -2.26. The van der Waals surface area contributed by atoms with E-state index >= 15 is 0 Å². The van der Waals surface area contributed by atoms with Crippen LogP contribution in [0.25, 0.3) is 0 Å². The molecule has 0 radical (unpaired) electrons. The molecule has 0 bridgehead atoms. The number of carbonyl (C=O) groups is 1. The molecule has 0 saturated heterocycles. The molecule has 2 nitrogen and oxygen atoms in total. The van der Waals surface area contributed by atoms with Crippen molar-refractivity contribution >= 4 is 5.78 Å². The number of Topliss-reactive ketones (excluding diaryl/α,β-unsaturated/α-hetero) is 1. The zero-order valence-corrected chi connectivity index (χ0v) is 10.6. The Bertz CT molecular complexity index is 394. The van der Waals surface area contributed by atoms with Crippen LogP contribution in [0.3, 0.4) is 0 Å². The normalized spacial score (nSPS) is 17.5. The van der Waals surface area contributed by atoms with Crippen LogP contribution in [0, 0.1) is 0 Å². The zero-order valence-electron chi connectivity index (χ0n) is 10.6. The van der Waals surface area contributed by atoms with Gasteiger partial charge in [-0.2, -0.15) is 0 Å². The Morgan fingerprint density at radius 2 is 2.24 bits per heavy atom. The van der Waals surface area contributed by atoms with Crippen molar-refractivity contribution in [3.8, 4) is 0 Å². The summed E-state index contributed by atoms with van der Waals surface area (Å²) in [4.78, 5) is 12.1. The van der Waals surface area contributed by atoms with Crippen LogP contribution in [0.5, 0.6) is 0 Å². The fourth-order valence-corrected chi connectivity index (χ4v) is 2.25. The number of hydrogen-bond donors (Lipinski definition) is 0. The first-order valence-corrected chi connectivity index (χ1v) is 6.48. The Labute approximate surface area is 103 Å². The highest BCUT2D eigenvalue weighted by atomic mass is 16.5. The van der Waals surface area contributed by atoms with Gasteiger partial charge < -0.3 is 4.74 Å². The fraction of sp³-hybridized carbons (Fsp3) is 0.533. The third-order valence-corrected chi connectivity index (χ3v) is 3.53. The van der Waals surface area contributed by atoms with Crippen LogP contribution < -0.4 is 0 Å². The largest absolute Gasteiger partial charge is 0.371 e. The minimum absolute atomic E-state index is 0.0908. The third-order valence-electron chi connectivity index (χ3n) is 3.53. The van der Waals surface area contributed by atoms with Crippen molar-refractivity contribution in [2.45, 2.75) is 45.1 Å². The number of carbonyl (C=O) groups excluding carboxylic acids is 1. The fourth-order valence-electron chi connectivity index (χ4n) is 2.25. The second-order valence-electron chi connectivity index (χ2n) is 4.72. The Morgan fingerprint density at radius 1 is 1.47 bits per heavy atom. The summed E-state index contributed by atoms with van der Waals surface area (Å²) in [6, 6.07) is 8.05. The predicted octanol–water partition coefficient (Wildman–Crippen LogP) is 3.56. The first kappa shape index (κ1) is 12.3. The van der Waals surface area contributed by atoms with E-state index in [2.05, 4.69) is 6.07 Å². The van der Waals surface area contributed by atoms with Crippen molar-refractivity contribution in [2.24, 2.45) is 0 Å². The molecule has 1 aliphatic carbocycles. The summed E-state index contributed by atoms with van der Waals surface area (Å²) in [6.07, 6.45) is 3.51. The Hall–Kier alpha value is -1.15. The van der Waals surface area contributed by atoms with Crippen LogP contribution in [0.1, 0.15) is 54.9 Å². The Balaban J connectivity index is 2.12. The molecular weight excluding hydrogens is 212 g/mol. The van der Waals surface area contributed by atoms with Gasteiger partial charge in [0, 0.05) is 12.2 Å². The van der Waals surface area contributed by atoms with Crippen molar-refractivity contribution in [2.75, 3.05) is 6.61 Å². The van der Waals surface area contributed by atoms with E-state index < -0.39 is 0 Å². The van der Waals surface area contributed by atoms with Gasteiger partial charge in [0.25, 0.3) is 0 Å². The van der Waals surface area contributed by atoms with E-state index in [1.165, 1.54) is 24.8 Å². The molecule has 1 unspecified atom stereocenters. The molecule has 2 rings (SSSR count). The molecule has 0 heterocycles. The van der Waals surface area contributed by atoms with E-state index in [0.29, 0.717) is 12.5 Å². The molecule has 0 amide bonds. The van der Waals surface area contributed by atoms with Gasteiger partial charge in [-0.15, -0.1) is 0 Å². The number of benzene rings is 1. The van der Waals surface area contributed by atoms with Crippen LogP contribution in [0.4, 0.5) is 0 Å². The highest BCUT2D eigenvalue weighted by molar-refractivity contribution is 5.99. The highest BCUT2D eigenvalue weighted by Crippen LogP contribution is 2.36. The Kier molecular flexibility index (Phi) is 3.95. The summed E-state index contributed by atoms with van der Waals surface area (Å²) in [7, 11) is 0. The lowest BCUT2D eigenvalue weighted by Crippen LogP contribution is -2.21. The SMILES string of the molecule is CCOC(C)C(=O)c1cccc(C2CCC2)c1. The minimum atomic E-state index is -0.336. The molecule has 0 spiro atoms. The van der Waals surface area contributed by atoms with Crippen molar-refractivity contribution in [3.05, 3.63) is 35.4 Å². The highest BCUT2D eigenvalue weighted by Gasteiger charge is 2.21. The predicted molar refractivity (Wildman–Crippen MR) is 68.5 cm³/mol. The molecule has 92 valence electrons. The molecule has 1 atom stereocenters. The van der Waals surface area contributed by atoms with E-state index in [9.17, 15) is 4.79 Å². The maximum atomic E-state index is 12.1. The smallest absolute Gasteiger partial charge is 0.191 e. The quantitative estimate of drug-likeness (QED) is 0.725. The van der Waals surface area contributed by atoms with Crippen LogP contribution in [0.2, 0.25) is 0 Å². The van der Waals surface area contributed by atoms with E-state index in [4.69, 9.17) is 4.74 Å². The van der Waals surface area contributed by atoms with Gasteiger partial charge in [-0.1, -0.05) is 24.6 Å². The van der Waals surface area contributed by atoms with Crippen LogP contribution in [0.15, 0.2) is 24.3 Å². The first-order chi connectivity index (χ1) is 8.22.